The van der Waals surface area contributed by atoms with Crippen molar-refractivity contribution in [2.45, 2.75) is 33.9 Å². The fourth-order valence-corrected chi connectivity index (χ4v) is 3.98. The lowest BCUT2D eigenvalue weighted by molar-refractivity contribution is 0.627. The number of rotatable bonds is 5. The van der Waals surface area contributed by atoms with E-state index in [-0.39, 0.29) is 18.2 Å². The number of pyridine rings is 1. The van der Waals surface area contributed by atoms with E-state index in [0.717, 1.165) is 17.9 Å². The molecule has 0 fully saturated rings. The van der Waals surface area contributed by atoms with Gasteiger partial charge < -0.3 is 9.47 Å². The number of fused-ring (bicyclic) bond motifs is 1. The highest BCUT2D eigenvalue weighted by atomic mass is 35.5. The zero-order valence-corrected chi connectivity index (χ0v) is 18.6. The molecule has 3 nitrogen and oxygen atoms in total. The van der Waals surface area contributed by atoms with Crippen LogP contribution in [-0.2, 0) is 13.1 Å². The van der Waals surface area contributed by atoms with Gasteiger partial charge in [0.15, 0.2) is 0 Å². The topological polar surface area (TPSA) is 21.1 Å². The van der Waals surface area contributed by atoms with Crippen molar-refractivity contribution < 1.29 is 4.39 Å². The number of hydrogen-bond donors (Lipinski definition) is 0. The lowest BCUT2D eigenvalue weighted by Gasteiger charge is -2.20. The Morgan fingerprint density at radius 3 is 2.43 bits per heavy atom. The standard InChI is InChI=1S/C25H26FN3.ClH/c1-17-6-5-7-20(14-17)15-29-19(3)18(2)23-12-13-27-24(25(23)29)16-28(4)22-10-8-21(26)9-11-22;/h5-14H,15-16H2,1-4H3;1H. The van der Waals surface area contributed by atoms with E-state index >= 15 is 0 Å². The number of halogens is 2. The largest absolute Gasteiger partial charge is 0.369 e. The Morgan fingerprint density at radius 2 is 1.73 bits per heavy atom. The van der Waals surface area contributed by atoms with Crippen LogP contribution in [0.25, 0.3) is 10.9 Å². The first kappa shape index (κ1) is 21.8. The van der Waals surface area contributed by atoms with Crippen molar-refractivity contribution in [1.82, 2.24) is 9.55 Å². The average molecular weight is 424 g/mol. The van der Waals surface area contributed by atoms with Gasteiger partial charge in [-0.15, -0.1) is 12.4 Å². The molecule has 30 heavy (non-hydrogen) atoms. The minimum atomic E-state index is -0.222. The van der Waals surface area contributed by atoms with Crippen molar-refractivity contribution in [2.75, 3.05) is 11.9 Å². The van der Waals surface area contributed by atoms with E-state index in [1.807, 2.05) is 13.2 Å². The van der Waals surface area contributed by atoms with E-state index in [0.29, 0.717) is 6.54 Å². The molecule has 0 aliphatic heterocycles. The normalized spacial score (nSPS) is 10.8. The van der Waals surface area contributed by atoms with Gasteiger partial charge in [0.1, 0.15) is 5.82 Å². The van der Waals surface area contributed by atoms with Crippen LogP contribution in [0.3, 0.4) is 0 Å². The van der Waals surface area contributed by atoms with E-state index in [1.54, 1.807) is 12.1 Å². The monoisotopic (exact) mass is 423 g/mol. The first-order valence-electron chi connectivity index (χ1n) is 9.89. The van der Waals surface area contributed by atoms with Gasteiger partial charge in [-0.25, -0.2) is 4.39 Å². The highest BCUT2D eigenvalue weighted by molar-refractivity contribution is 5.87. The molecule has 4 rings (SSSR count). The molecule has 0 saturated heterocycles. The summed E-state index contributed by atoms with van der Waals surface area (Å²) in [4.78, 5) is 6.83. The Hall–Kier alpha value is -2.85. The van der Waals surface area contributed by atoms with Gasteiger partial charge in [0.2, 0.25) is 0 Å². The molecule has 0 N–H and O–H groups in total. The second kappa shape index (κ2) is 8.88. The van der Waals surface area contributed by atoms with Crippen LogP contribution in [0.5, 0.6) is 0 Å². The van der Waals surface area contributed by atoms with Gasteiger partial charge in [-0.05, 0) is 62.2 Å². The van der Waals surface area contributed by atoms with Crippen molar-refractivity contribution >= 4 is 29.0 Å². The SMILES string of the molecule is Cc1cccc(Cn2c(C)c(C)c3ccnc(CN(C)c4ccc(F)cc4)c32)c1.Cl. The number of benzene rings is 2. The molecule has 5 heteroatoms. The van der Waals surface area contributed by atoms with Crippen molar-refractivity contribution in [1.29, 1.82) is 0 Å². The first-order chi connectivity index (χ1) is 13.9. The van der Waals surface area contributed by atoms with Crippen molar-refractivity contribution in [2.24, 2.45) is 0 Å². The molecule has 0 saturated carbocycles. The van der Waals surface area contributed by atoms with Gasteiger partial charge in [0, 0.05) is 36.6 Å². The molecule has 2 aromatic heterocycles. The van der Waals surface area contributed by atoms with Crippen LogP contribution >= 0.6 is 12.4 Å². The Labute approximate surface area is 183 Å². The van der Waals surface area contributed by atoms with Crippen LogP contribution in [0.15, 0.2) is 60.8 Å². The highest BCUT2D eigenvalue weighted by Crippen LogP contribution is 2.29. The molecule has 4 aromatic rings. The molecule has 0 radical (unpaired) electrons. The molecule has 2 aromatic carbocycles. The maximum absolute atomic E-state index is 13.3. The minimum Gasteiger partial charge on any atom is -0.369 e. The smallest absolute Gasteiger partial charge is 0.123 e. The van der Waals surface area contributed by atoms with E-state index in [9.17, 15) is 4.39 Å². The zero-order valence-electron chi connectivity index (χ0n) is 17.8. The molecule has 0 aliphatic rings. The van der Waals surface area contributed by atoms with Crippen LogP contribution in [0.4, 0.5) is 10.1 Å². The average Bonchev–Trinajstić information content (AvgIpc) is 2.94. The first-order valence-corrected chi connectivity index (χ1v) is 9.89. The fourth-order valence-electron chi connectivity index (χ4n) is 3.98. The third-order valence-electron chi connectivity index (χ3n) is 5.70. The van der Waals surface area contributed by atoms with Crippen molar-refractivity contribution in [3.05, 3.63) is 94.7 Å². The third-order valence-corrected chi connectivity index (χ3v) is 5.70. The number of hydrogen-bond acceptors (Lipinski definition) is 2. The van der Waals surface area contributed by atoms with Crippen LogP contribution in [0, 0.1) is 26.6 Å². The minimum absolute atomic E-state index is 0. The molecule has 0 spiro atoms. The number of anilines is 1. The van der Waals surface area contributed by atoms with Crippen molar-refractivity contribution in [3.8, 4) is 0 Å². The van der Waals surface area contributed by atoms with Gasteiger partial charge in [-0.3, -0.25) is 4.98 Å². The molecule has 0 atom stereocenters. The zero-order chi connectivity index (χ0) is 20.5. The Kier molecular flexibility index (Phi) is 6.47. The summed E-state index contributed by atoms with van der Waals surface area (Å²) in [6.45, 7) is 7.95. The second-order valence-corrected chi connectivity index (χ2v) is 7.77. The highest BCUT2D eigenvalue weighted by Gasteiger charge is 2.17. The van der Waals surface area contributed by atoms with Gasteiger partial charge in [0.25, 0.3) is 0 Å². The fraction of sp³-hybridized carbons (Fsp3) is 0.240. The van der Waals surface area contributed by atoms with Gasteiger partial charge in [-0.2, -0.15) is 0 Å². The van der Waals surface area contributed by atoms with Crippen LogP contribution in [-0.4, -0.2) is 16.6 Å². The summed E-state index contributed by atoms with van der Waals surface area (Å²) < 4.78 is 15.7. The van der Waals surface area contributed by atoms with Crippen LogP contribution in [0.1, 0.15) is 28.1 Å². The number of aryl methyl sites for hydroxylation is 2. The quantitative estimate of drug-likeness (QED) is 0.380. The lowest BCUT2D eigenvalue weighted by atomic mass is 10.1. The molecular weight excluding hydrogens is 397 g/mol. The summed E-state index contributed by atoms with van der Waals surface area (Å²) in [5, 5.41) is 1.24. The summed E-state index contributed by atoms with van der Waals surface area (Å²) in [5.41, 5.74) is 8.28. The van der Waals surface area contributed by atoms with Crippen molar-refractivity contribution in [3.63, 3.8) is 0 Å². The molecule has 0 aliphatic carbocycles. The van der Waals surface area contributed by atoms with E-state index in [2.05, 4.69) is 60.6 Å². The van der Waals surface area contributed by atoms with Gasteiger partial charge in [0.05, 0.1) is 17.8 Å². The van der Waals surface area contributed by atoms with E-state index in [4.69, 9.17) is 4.98 Å². The third kappa shape index (κ3) is 4.19. The summed E-state index contributed by atoms with van der Waals surface area (Å²) in [7, 11) is 2.02. The molecule has 0 amide bonds. The molecular formula is C25H27ClFN3. The number of aromatic nitrogens is 2. The summed E-state index contributed by atoms with van der Waals surface area (Å²) >= 11 is 0. The maximum Gasteiger partial charge on any atom is 0.123 e. The summed E-state index contributed by atoms with van der Waals surface area (Å²) in [5.74, 6) is -0.222. The predicted octanol–water partition coefficient (Wildman–Crippen LogP) is 6.21. The Bertz CT molecular complexity index is 1170. The summed E-state index contributed by atoms with van der Waals surface area (Å²) in [6.07, 6.45) is 1.89. The molecule has 0 bridgehead atoms. The lowest BCUT2D eigenvalue weighted by Crippen LogP contribution is -2.18. The maximum atomic E-state index is 13.3. The predicted molar refractivity (Wildman–Crippen MR) is 125 cm³/mol. The second-order valence-electron chi connectivity index (χ2n) is 7.77. The Balaban J connectivity index is 0.00000256. The van der Waals surface area contributed by atoms with Gasteiger partial charge >= 0.3 is 0 Å². The van der Waals surface area contributed by atoms with Gasteiger partial charge in [-0.1, -0.05) is 29.8 Å². The van der Waals surface area contributed by atoms with Crippen LogP contribution < -0.4 is 4.90 Å². The molecule has 2 heterocycles. The molecule has 0 unspecified atom stereocenters. The summed E-state index contributed by atoms with van der Waals surface area (Å²) in [6, 6.07) is 17.3. The van der Waals surface area contributed by atoms with E-state index < -0.39 is 0 Å². The molecule has 156 valence electrons. The Morgan fingerprint density at radius 1 is 1.00 bits per heavy atom. The van der Waals surface area contributed by atoms with E-state index in [1.165, 1.54) is 45.4 Å². The van der Waals surface area contributed by atoms with Crippen LogP contribution in [0.2, 0.25) is 0 Å². The number of nitrogens with zero attached hydrogens (tertiary/aromatic N) is 3.